The van der Waals surface area contributed by atoms with E-state index in [2.05, 4.69) is 30.7 Å². The van der Waals surface area contributed by atoms with E-state index >= 15 is 0 Å². The zero-order valence-electron chi connectivity index (χ0n) is 9.46. The maximum atomic E-state index is 6.07. The van der Waals surface area contributed by atoms with Crippen LogP contribution in [0.4, 0.5) is 0 Å². The minimum atomic E-state index is 0.576. The van der Waals surface area contributed by atoms with Crippen molar-refractivity contribution in [3.63, 3.8) is 0 Å². The van der Waals surface area contributed by atoms with Gasteiger partial charge in [-0.05, 0) is 12.8 Å². The fourth-order valence-electron chi connectivity index (χ4n) is 1.21. The predicted octanol–water partition coefficient (Wildman–Crippen LogP) is 3.97. The number of thioether (sulfide) groups is 1. The Labute approximate surface area is 101 Å². The van der Waals surface area contributed by atoms with Gasteiger partial charge in [0.1, 0.15) is 16.5 Å². The minimum absolute atomic E-state index is 0.576. The molecule has 1 aromatic heterocycles. The lowest BCUT2D eigenvalue weighted by Crippen LogP contribution is -2.00. The third kappa shape index (κ3) is 3.65. The molecule has 1 unspecified atom stereocenters. The maximum absolute atomic E-state index is 6.07. The second kappa shape index (κ2) is 6.33. The molecule has 0 aliphatic rings. The van der Waals surface area contributed by atoms with Crippen LogP contribution in [0.5, 0.6) is 0 Å². The van der Waals surface area contributed by atoms with Crippen LogP contribution in [-0.4, -0.2) is 15.2 Å². The van der Waals surface area contributed by atoms with E-state index in [0.717, 1.165) is 29.9 Å². The monoisotopic (exact) mass is 244 g/mol. The zero-order chi connectivity index (χ0) is 11.3. The van der Waals surface area contributed by atoms with E-state index in [-0.39, 0.29) is 0 Å². The molecule has 0 bridgehead atoms. The molecule has 4 heteroatoms. The first-order valence-corrected chi connectivity index (χ1v) is 6.60. The second-order valence-electron chi connectivity index (χ2n) is 3.53. The van der Waals surface area contributed by atoms with E-state index in [0.29, 0.717) is 10.4 Å². The summed E-state index contributed by atoms with van der Waals surface area (Å²) in [6.07, 6.45) is 4.71. The molecule has 1 atom stereocenters. The molecule has 0 N–H and O–H groups in total. The molecule has 0 radical (unpaired) electrons. The first-order valence-electron chi connectivity index (χ1n) is 5.35. The number of halogens is 1. The Balaban J connectivity index is 2.89. The van der Waals surface area contributed by atoms with Gasteiger partial charge in [0, 0.05) is 10.8 Å². The van der Waals surface area contributed by atoms with Crippen LogP contribution in [0.3, 0.4) is 0 Å². The highest BCUT2D eigenvalue weighted by Crippen LogP contribution is 2.29. The molecule has 0 fully saturated rings. The van der Waals surface area contributed by atoms with Crippen LogP contribution < -0.4 is 0 Å². The molecule has 84 valence electrons. The summed E-state index contributed by atoms with van der Waals surface area (Å²) in [7, 11) is 0. The maximum Gasteiger partial charge on any atom is 0.136 e. The van der Waals surface area contributed by atoms with Crippen LogP contribution in [0.2, 0.25) is 5.15 Å². The van der Waals surface area contributed by atoms with Crippen LogP contribution >= 0.6 is 23.4 Å². The third-order valence-corrected chi connectivity index (χ3v) is 3.88. The van der Waals surface area contributed by atoms with Gasteiger partial charge in [-0.15, -0.1) is 11.8 Å². The molecule has 0 saturated heterocycles. The largest absolute Gasteiger partial charge is 0.230 e. The highest BCUT2D eigenvalue weighted by atomic mass is 35.5. The third-order valence-electron chi connectivity index (χ3n) is 2.24. The van der Waals surface area contributed by atoms with Crippen molar-refractivity contribution in [2.75, 3.05) is 0 Å². The van der Waals surface area contributed by atoms with Crippen LogP contribution in [0.15, 0.2) is 11.4 Å². The molecule has 0 saturated carbocycles. The Kier molecular flexibility index (Phi) is 5.40. The number of rotatable bonds is 5. The van der Waals surface area contributed by atoms with Crippen molar-refractivity contribution in [1.29, 1.82) is 0 Å². The van der Waals surface area contributed by atoms with Crippen molar-refractivity contribution in [2.24, 2.45) is 0 Å². The van der Waals surface area contributed by atoms with Gasteiger partial charge in [0.2, 0.25) is 0 Å². The molecule has 0 spiro atoms. The molecule has 0 aliphatic heterocycles. The van der Waals surface area contributed by atoms with E-state index in [1.54, 1.807) is 18.1 Å². The Morgan fingerprint density at radius 1 is 1.40 bits per heavy atom. The molecule has 15 heavy (non-hydrogen) atoms. The van der Waals surface area contributed by atoms with Crippen LogP contribution in [0.1, 0.15) is 39.2 Å². The molecular weight excluding hydrogens is 228 g/mol. The lowest BCUT2D eigenvalue weighted by molar-refractivity contribution is 0.846. The summed E-state index contributed by atoms with van der Waals surface area (Å²) in [6, 6.07) is 0. The quantitative estimate of drug-likeness (QED) is 0.579. The Hall–Kier alpha value is -0.280. The van der Waals surface area contributed by atoms with E-state index in [9.17, 15) is 0 Å². The predicted molar refractivity (Wildman–Crippen MR) is 66.6 cm³/mol. The molecule has 2 nitrogen and oxygen atoms in total. The van der Waals surface area contributed by atoms with Crippen molar-refractivity contribution in [1.82, 2.24) is 9.97 Å². The molecule has 0 aliphatic carbocycles. The van der Waals surface area contributed by atoms with Gasteiger partial charge in [-0.3, -0.25) is 0 Å². The summed E-state index contributed by atoms with van der Waals surface area (Å²) in [4.78, 5) is 8.35. The second-order valence-corrected chi connectivity index (χ2v) is 5.32. The SMILES string of the molecule is CCCc1c(Cl)ncnc1SC(C)CC. The first kappa shape index (κ1) is 12.8. The van der Waals surface area contributed by atoms with Gasteiger partial charge in [-0.25, -0.2) is 9.97 Å². The van der Waals surface area contributed by atoms with Gasteiger partial charge in [-0.2, -0.15) is 0 Å². The molecule has 0 amide bonds. The van der Waals surface area contributed by atoms with Crippen molar-refractivity contribution < 1.29 is 0 Å². The van der Waals surface area contributed by atoms with E-state index in [4.69, 9.17) is 11.6 Å². The standard InChI is InChI=1S/C11H17ClN2S/c1-4-6-9-10(12)13-7-14-11(9)15-8(3)5-2/h7-8H,4-6H2,1-3H3. The summed E-state index contributed by atoms with van der Waals surface area (Å²) in [6.45, 7) is 6.53. The van der Waals surface area contributed by atoms with Gasteiger partial charge in [-0.1, -0.05) is 38.8 Å². The van der Waals surface area contributed by atoms with Crippen molar-refractivity contribution >= 4 is 23.4 Å². The normalized spacial score (nSPS) is 12.8. The van der Waals surface area contributed by atoms with Crippen LogP contribution in [0.25, 0.3) is 0 Å². The molecule has 1 rings (SSSR count). The Morgan fingerprint density at radius 2 is 2.13 bits per heavy atom. The topological polar surface area (TPSA) is 25.8 Å². The van der Waals surface area contributed by atoms with Gasteiger partial charge < -0.3 is 0 Å². The highest BCUT2D eigenvalue weighted by Gasteiger charge is 2.11. The molecule has 0 aromatic carbocycles. The van der Waals surface area contributed by atoms with Gasteiger partial charge >= 0.3 is 0 Å². The molecular formula is C11H17ClN2S. The number of hydrogen-bond acceptors (Lipinski definition) is 3. The van der Waals surface area contributed by atoms with Crippen LogP contribution in [0, 0.1) is 0 Å². The average Bonchev–Trinajstić information content (AvgIpc) is 2.23. The molecule has 1 heterocycles. The number of hydrogen-bond donors (Lipinski definition) is 0. The smallest absolute Gasteiger partial charge is 0.136 e. The van der Waals surface area contributed by atoms with Gasteiger partial charge in [0.25, 0.3) is 0 Å². The van der Waals surface area contributed by atoms with Crippen molar-refractivity contribution in [2.45, 2.75) is 50.3 Å². The van der Waals surface area contributed by atoms with Gasteiger partial charge in [0.15, 0.2) is 0 Å². The highest BCUT2D eigenvalue weighted by molar-refractivity contribution is 7.99. The summed E-state index contributed by atoms with van der Waals surface area (Å²) in [5, 5.41) is 2.23. The van der Waals surface area contributed by atoms with Crippen molar-refractivity contribution in [3.05, 3.63) is 17.0 Å². The van der Waals surface area contributed by atoms with Crippen molar-refractivity contribution in [3.8, 4) is 0 Å². The fourth-order valence-corrected chi connectivity index (χ4v) is 2.49. The summed E-state index contributed by atoms with van der Waals surface area (Å²) in [5.41, 5.74) is 1.10. The average molecular weight is 245 g/mol. The Bertz CT molecular complexity index is 317. The van der Waals surface area contributed by atoms with E-state index in [1.165, 1.54) is 0 Å². The fraction of sp³-hybridized carbons (Fsp3) is 0.636. The zero-order valence-corrected chi connectivity index (χ0v) is 11.0. The summed E-state index contributed by atoms with van der Waals surface area (Å²) in [5.74, 6) is 0. The Morgan fingerprint density at radius 3 is 2.73 bits per heavy atom. The number of aromatic nitrogens is 2. The van der Waals surface area contributed by atoms with Crippen LogP contribution in [-0.2, 0) is 6.42 Å². The lowest BCUT2D eigenvalue weighted by atomic mass is 10.2. The minimum Gasteiger partial charge on any atom is -0.230 e. The van der Waals surface area contributed by atoms with E-state index < -0.39 is 0 Å². The first-order chi connectivity index (χ1) is 7.19. The summed E-state index contributed by atoms with van der Waals surface area (Å²) < 4.78 is 0. The van der Waals surface area contributed by atoms with Gasteiger partial charge in [0.05, 0.1) is 0 Å². The number of nitrogens with zero attached hydrogens (tertiary/aromatic N) is 2. The lowest BCUT2D eigenvalue weighted by Gasteiger charge is -2.11. The molecule has 1 aromatic rings. The van der Waals surface area contributed by atoms with E-state index in [1.807, 2.05) is 0 Å². The summed E-state index contributed by atoms with van der Waals surface area (Å²) >= 11 is 7.86.